The molecule has 178 valence electrons. The summed E-state index contributed by atoms with van der Waals surface area (Å²) in [5.41, 5.74) is 0. The van der Waals surface area contributed by atoms with Crippen molar-refractivity contribution in [1.82, 2.24) is 10.2 Å². The Morgan fingerprint density at radius 3 is 1.77 bits per heavy atom. The van der Waals surface area contributed by atoms with E-state index >= 15 is 0 Å². The van der Waals surface area contributed by atoms with Gasteiger partial charge in [-0.3, -0.25) is 14.5 Å². The zero-order valence-corrected chi connectivity index (χ0v) is 20.5. The number of carbonyl (C=O) groups excluding carboxylic acids is 2. The molecule has 0 spiro atoms. The number of nitrogens with zero attached hydrogens (tertiary/aromatic N) is 1. The van der Waals surface area contributed by atoms with Gasteiger partial charge in [0.2, 0.25) is 5.91 Å². The number of amides is 1. The van der Waals surface area contributed by atoms with Gasteiger partial charge >= 0.3 is 5.97 Å². The Kier molecular flexibility index (Phi) is 20.4. The summed E-state index contributed by atoms with van der Waals surface area (Å²) >= 11 is 0. The summed E-state index contributed by atoms with van der Waals surface area (Å²) in [6, 6.07) is 0. The van der Waals surface area contributed by atoms with Crippen molar-refractivity contribution < 1.29 is 14.3 Å². The third-order valence-electron chi connectivity index (χ3n) is 5.29. The third-order valence-corrected chi connectivity index (χ3v) is 5.29. The Morgan fingerprint density at radius 1 is 0.767 bits per heavy atom. The predicted octanol–water partition coefficient (Wildman–Crippen LogP) is 5.71. The maximum absolute atomic E-state index is 11.8. The molecule has 0 rings (SSSR count). The number of carbonyl (C=O) groups is 2. The average molecular weight is 427 g/mol. The number of hydrogen-bond donors (Lipinski definition) is 1. The Labute approximate surface area is 186 Å². The van der Waals surface area contributed by atoms with Crippen LogP contribution >= 0.6 is 0 Å². The molecule has 0 aliphatic rings. The lowest BCUT2D eigenvalue weighted by atomic mass is 10.0. The zero-order valence-electron chi connectivity index (χ0n) is 20.5. The van der Waals surface area contributed by atoms with E-state index in [4.69, 9.17) is 4.74 Å². The van der Waals surface area contributed by atoms with E-state index in [1.54, 1.807) is 4.90 Å². The van der Waals surface area contributed by atoms with Crippen LogP contribution in [0, 0.1) is 5.92 Å². The van der Waals surface area contributed by atoms with Gasteiger partial charge in [-0.2, -0.15) is 0 Å². The summed E-state index contributed by atoms with van der Waals surface area (Å²) in [6.45, 7) is 5.86. The minimum absolute atomic E-state index is 0.114. The molecule has 0 heterocycles. The molecule has 1 amide bonds. The van der Waals surface area contributed by atoms with E-state index in [1.807, 2.05) is 14.1 Å². The smallest absolute Gasteiger partial charge is 0.320 e. The van der Waals surface area contributed by atoms with Gasteiger partial charge in [0.15, 0.2) is 0 Å². The SMILES string of the molecule is CC(C)CCCCCCCCCCCCCCC(=O)NCCCOC(=O)CN(C)C. The Morgan fingerprint density at radius 2 is 1.27 bits per heavy atom. The van der Waals surface area contributed by atoms with Gasteiger partial charge in [0.05, 0.1) is 13.2 Å². The minimum Gasteiger partial charge on any atom is -0.465 e. The Bertz CT molecular complexity index is 411. The molecular formula is C25H50N2O3. The second-order valence-corrected chi connectivity index (χ2v) is 9.34. The van der Waals surface area contributed by atoms with Crippen LogP contribution in [-0.4, -0.2) is 50.6 Å². The highest BCUT2D eigenvalue weighted by Crippen LogP contribution is 2.14. The molecule has 1 N–H and O–H groups in total. The van der Waals surface area contributed by atoms with Crippen LogP contribution < -0.4 is 5.32 Å². The molecule has 0 aromatic rings. The van der Waals surface area contributed by atoms with Crippen molar-refractivity contribution in [3.8, 4) is 0 Å². The molecule has 0 radical (unpaired) electrons. The summed E-state index contributed by atoms with van der Waals surface area (Å²) in [5, 5.41) is 2.91. The number of unbranched alkanes of at least 4 members (excludes halogenated alkanes) is 11. The molecule has 0 aliphatic carbocycles. The molecule has 0 unspecified atom stereocenters. The lowest BCUT2D eigenvalue weighted by molar-refractivity contribution is -0.144. The van der Waals surface area contributed by atoms with Crippen molar-refractivity contribution in [3.05, 3.63) is 0 Å². The number of hydrogen-bond acceptors (Lipinski definition) is 4. The highest BCUT2D eigenvalue weighted by atomic mass is 16.5. The molecule has 0 fully saturated rings. The van der Waals surface area contributed by atoms with E-state index in [2.05, 4.69) is 19.2 Å². The zero-order chi connectivity index (χ0) is 22.5. The number of ether oxygens (including phenoxy) is 1. The van der Waals surface area contributed by atoms with Crippen molar-refractivity contribution in [1.29, 1.82) is 0 Å². The van der Waals surface area contributed by atoms with Crippen molar-refractivity contribution in [2.24, 2.45) is 5.92 Å². The summed E-state index contributed by atoms with van der Waals surface area (Å²) in [5.74, 6) is 0.752. The van der Waals surface area contributed by atoms with Crippen LogP contribution in [0.2, 0.25) is 0 Å². The topological polar surface area (TPSA) is 58.6 Å². The lowest BCUT2D eigenvalue weighted by Crippen LogP contribution is -2.27. The molecule has 5 heteroatoms. The molecule has 0 saturated heterocycles. The average Bonchev–Trinajstić information content (AvgIpc) is 2.67. The van der Waals surface area contributed by atoms with Crippen molar-refractivity contribution >= 4 is 11.9 Å². The lowest BCUT2D eigenvalue weighted by Gasteiger charge is -2.09. The molecule has 0 bridgehead atoms. The van der Waals surface area contributed by atoms with Gasteiger partial charge < -0.3 is 10.1 Å². The first-order chi connectivity index (χ1) is 14.4. The summed E-state index contributed by atoms with van der Waals surface area (Å²) < 4.78 is 5.09. The summed E-state index contributed by atoms with van der Waals surface area (Å²) in [7, 11) is 3.66. The molecule has 0 atom stereocenters. The van der Waals surface area contributed by atoms with Gasteiger partial charge in [-0.1, -0.05) is 90.9 Å². The van der Waals surface area contributed by atoms with Crippen molar-refractivity contribution in [2.75, 3.05) is 33.8 Å². The summed E-state index contributed by atoms with van der Waals surface area (Å²) in [6.07, 6.45) is 18.5. The van der Waals surface area contributed by atoms with E-state index in [1.165, 1.54) is 70.6 Å². The van der Waals surface area contributed by atoms with Crippen LogP contribution in [0.4, 0.5) is 0 Å². The molecule has 0 saturated carbocycles. The largest absolute Gasteiger partial charge is 0.465 e. The van der Waals surface area contributed by atoms with Crippen LogP contribution in [0.25, 0.3) is 0 Å². The van der Waals surface area contributed by atoms with Crippen LogP contribution in [0.5, 0.6) is 0 Å². The Hall–Kier alpha value is -1.10. The van der Waals surface area contributed by atoms with Crippen molar-refractivity contribution in [3.63, 3.8) is 0 Å². The second kappa shape index (κ2) is 21.1. The molecule has 0 aromatic carbocycles. The van der Waals surface area contributed by atoms with E-state index in [0.29, 0.717) is 32.5 Å². The van der Waals surface area contributed by atoms with E-state index in [0.717, 1.165) is 18.8 Å². The number of likely N-dealkylation sites (N-methyl/N-ethyl adjacent to an activating group) is 1. The Balaban J connectivity index is 3.24. The quantitative estimate of drug-likeness (QED) is 0.188. The van der Waals surface area contributed by atoms with Crippen molar-refractivity contribution in [2.45, 2.75) is 110 Å². The second-order valence-electron chi connectivity index (χ2n) is 9.34. The summed E-state index contributed by atoms with van der Waals surface area (Å²) in [4.78, 5) is 24.9. The van der Waals surface area contributed by atoms with Gasteiger partial charge in [-0.15, -0.1) is 0 Å². The van der Waals surface area contributed by atoms with Gasteiger partial charge in [-0.05, 0) is 32.9 Å². The third kappa shape index (κ3) is 23.2. The highest BCUT2D eigenvalue weighted by molar-refractivity contribution is 5.75. The fraction of sp³-hybridized carbons (Fsp3) is 0.920. The maximum atomic E-state index is 11.8. The van der Waals surface area contributed by atoms with Gasteiger partial charge in [0, 0.05) is 13.0 Å². The van der Waals surface area contributed by atoms with Crippen LogP contribution in [0.1, 0.15) is 110 Å². The fourth-order valence-electron chi connectivity index (χ4n) is 3.48. The number of esters is 1. The van der Waals surface area contributed by atoms with Crippen LogP contribution in [0.15, 0.2) is 0 Å². The first-order valence-corrected chi connectivity index (χ1v) is 12.5. The fourth-order valence-corrected chi connectivity index (χ4v) is 3.48. The van der Waals surface area contributed by atoms with E-state index in [-0.39, 0.29) is 11.9 Å². The monoisotopic (exact) mass is 426 g/mol. The molecule has 0 aromatic heterocycles. The van der Waals surface area contributed by atoms with Crippen LogP contribution in [0.3, 0.4) is 0 Å². The van der Waals surface area contributed by atoms with Gasteiger partial charge in [0.25, 0.3) is 0 Å². The van der Waals surface area contributed by atoms with Crippen LogP contribution in [-0.2, 0) is 14.3 Å². The van der Waals surface area contributed by atoms with Gasteiger partial charge in [0.1, 0.15) is 0 Å². The predicted molar refractivity (Wildman–Crippen MR) is 127 cm³/mol. The highest BCUT2D eigenvalue weighted by Gasteiger charge is 2.04. The van der Waals surface area contributed by atoms with Gasteiger partial charge in [-0.25, -0.2) is 0 Å². The standard InChI is InChI=1S/C25H50N2O3/c1-23(2)18-15-13-11-9-7-5-6-8-10-12-14-16-19-24(28)26-20-17-21-30-25(29)22-27(3)4/h23H,5-22H2,1-4H3,(H,26,28). The van der Waals surface area contributed by atoms with E-state index in [9.17, 15) is 9.59 Å². The number of rotatable bonds is 21. The number of nitrogens with one attached hydrogen (secondary N) is 1. The first-order valence-electron chi connectivity index (χ1n) is 12.5. The molecular weight excluding hydrogens is 376 g/mol. The molecule has 30 heavy (non-hydrogen) atoms. The normalized spacial score (nSPS) is 11.3. The maximum Gasteiger partial charge on any atom is 0.320 e. The molecule has 0 aliphatic heterocycles. The molecule has 5 nitrogen and oxygen atoms in total. The minimum atomic E-state index is -0.219. The van der Waals surface area contributed by atoms with E-state index < -0.39 is 0 Å². The first kappa shape index (κ1) is 28.9.